The maximum atomic E-state index is 5.87. The van der Waals surface area contributed by atoms with Gasteiger partial charge in [-0.05, 0) is 24.7 Å². The number of rotatable bonds is 3. The van der Waals surface area contributed by atoms with Crippen molar-refractivity contribution < 1.29 is 4.52 Å². The number of piperazine rings is 1. The van der Waals surface area contributed by atoms with E-state index in [1.807, 2.05) is 24.3 Å². The second-order valence-corrected chi connectivity index (χ2v) is 5.49. The first-order valence-corrected chi connectivity index (χ1v) is 7.08. The van der Waals surface area contributed by atoms with Crippen molar-refractivity contribution >= 4 is 24.0 Å². The minimum atomic E-state index is 0. The Labute approximate surface area is 135 Å². The Bertz CT molecular complexity index is 573. The van der Waals surface area contributed by atoms with Gasteiger partial charge in [-0.15, -0.1) is 12.4 Å². The van der Waals surface area contributed by atoms with Crippen molar-refractivity contribution in [1.29, 1.82) is 0 Å². The number of nitrogens with one attached hydrogen (secondary N) is 1. The fourth-order valence-electron chi connectivity index (χ4n) is 2.35. The summed E-state index contributed by atoms with van der Waals surface area (Å²) in [5.41, 5.74) is 1.11. The Kier molecular flexibility index (Phi) is 5.58. The van der Waals surface area contributed by atoms with E-state index in [0.29, 0.717) is 12.3 Å². The summed E-state index contributed by atoms with van der Waals surface area (Å²) in [4.78, 5) is 6.75. The lowest BCUT2D eigenvalue weighted by atomic mass is 10.1. The van der Waals surface area contributed by atoms with Crippen molar-refractivity contribution in [2.45, 2.75) is 12.5 Å². The summed E-state index contributed by atoms with van der Waals surface area (Å²) in [7, 11) is 2.08. The molecule has 21 heavy (non-hydrogen) atoms. The van der Waals surface area contributed by atoms with Crippen LogP contribution in [0.4, 0.5) is 0 Å². The topological polar surface area (TPSA) is 54.2 Å². The van der Waals surface area contributed by atoms with Gasteiger partial charge in [0.05, 0.1) is 12.5 Å². The number of hydrogen-bond donors (Lipinski definition) is 1. The SMILES string of the molecule is CN1CCNCC1c1noc(Cc2ccc(Cl)cc2)n1.Cl. The molecule has 1 N–H and O–H groups in total. The number of halogens is 2. The lowest BCUT2D eigenvalue weighted by Crippen LogP contribution is -2.44. The summed E-state index contributed by atoms with van der Waals surface area (Å²) in [6.07, 6.45) is 0.633. The highest BCUT2D eigenvalue weighted by atomic mass is 35.5. The van der Waals surface area contributed by atoms with E-state index >= 15 is 0 Å². The molecule has 1 aromatic carbocycles. The first-order valence-electron chi connectivity index (χ1n) is 6.70. The van der Waals surface area contributed by atoms with Crippen LogP contribution in [0.2, 0.25) is 5.02 Å². The highest BCUT2D eigenvalue weighted by Gasteiger charge is 2.25. The molecule has 2 aromatic rings. The maximum Gasteiger partial charge on any atom is 0.231 e. The molecule has 0 amide bonds. The number of likely N-dealkylation sites (N-methyl/N-ethyl adjacent to an activating group) is 1. The molecule has 0 bridgehead atoms. The van der Waals surface area contributed by atoms with Crippen LogP contribution < -0.4 is 5.32 Å². The van der Waals surface area contributed by atoms with Crippen LogP contribution in [0.5, 0.6) is 0 Å². The molecule has 0 saturated carbocycles. The van der Waals surface area contributed by atoms with Crippen LogP contribution in [-0.2, 0) is 6.42 Å². The molecular formula is C14H18Cl2N4O. The average molecular weight is 329 g/mol. The first-order chi connectivity index (χ1) is 9.72. The molecule has 7 heteroatoms. The third-order valence-corrected chi connectivity index (χ3v) is 3.81. The van der Waals surface area contributed by atoms with E-state index in [1.165, 1.54) is 0 Å². The van der Waals surface area contributed by atoms with Gasteiger partial charge in [0, 0.05) is 24.7 Å². The van der Waals surface area contributed by atoms with Crippen LogP contribution in [0.25, 0.3) is 0 Å². The van der Waals surface area contributed by atoms with Crippen LogP contribution in [0.15, 0.2) is 28.8 Å². The number of nitrogens with zero attached hydrogens (tertiary/aromatic N) is 3. The first kappa shape index (κ1) is 16.2. The van der Waals surface area contributed by atoms with Crippen molar-refractivity contribution in [1.82, 2.24) is 20.4 Å². The van der Waals surface area contributed by atoms with Crippen LogP contribution >= 0.6 is 24.0 Å². The molecule has 1 unspecified atom stereocenters. The van der Waals surface area contributed by atoms with E-state index in [1.54, 1.807) is 0 Å². The van der Waals surface area contributed by atoms with Gasteiger partial charge in [0.15, 0.2) is 5.82 Å². The van der Waals surface area contributed by atoms with E-state index in [4.69, 9.17) is 16.1 Å². The average Bonchev–Trinajstić information content (AvgIpc) is 2.90. The van der Waals surface area contributed by atoms with Gasteiger partial charge in [-0.3, -0.25) is 4.90 Å². The molecule has 0 aliphatic carbocycles. The van der Waals surface area contributed by atoms with Gasteiger partial charge < -0.3 is 9.84 Å². The van der Waals surface area contributed by atoms with Gasteiger partial charge >= 0.3 is 0 Å². The van der Waals surface area contributed by atoms with E-state index in [-0.39, 0.29) is 18.4 Å². The molecule has 1 saturated heterocycles. The zero-order valence-electron chi connectivity index (χ0n) is 11.8. The molecule has 0 radical (unpaired) electrons. The Morgan fingerprint density at radius 2 is 2.14 bits per heavy atom. The van der Waals surface area contributed by atoms with Gasteiger partial charge in [0.1, 0.15) is 0 Å². The Balaban J connectivity index is 0.00000161. The maximum absolute atomic E-state index is 5.87. The number of hydrogen-bond acceptors (Lipinski definition) is 5. The molecule has 1 aromatic heterocycles. The Hall–Kier alpha value is -1.14. The van der Waals surface area contributed by atoms with Crippen molar-refractivity contribution in [3.05, 3.63) is 46.6 Å². The summed E-state index contributed by atoms with van der Waals surface area (Å²) in [5.74, 6) is 1.39. The summed E-state index contributed by atoms with van der Waals surface area (Å²) < 4.78 is 5.35. The van der Waals surface area contributed by atoms with Gasteiger partial charge in [-0.2, -0.15) is 4.98 Å². The fourth-order valence-corrected chi connectivity index (χ4v) is 2.47. The Morgan fingerprint density at radius 1 is 1.38 bits per heavy atom. The van der Waals surface area contributed by atoms with Crippen LogP contribution in [0, 0.1) is 0 Å². The molecule has 5 nitrogen and oxygen atoms in total. The van der Waals surface area contributed by atoms with Crippen LogP contribution in [-0.4, -0.2) is 41.7 Å². The molecule has 2 heterocycles. The second kappa shape index (κ2) is 7.22. The third-order valence-electron chi connectivity index (χ3n) is 3.56. The lowest BCUT2D eigenvalue weighted by Gasteiger charge is -2.30. The third kappa shape index (κ3) is 3.95. The van der Waals surface area contributed by atoms with Gasteiger partial charge in [0.2, 0.25) is 5.89 Å². The van der Waals surface area contributed by atoms with E-state index < -0.39 is 0 Å². The molecule has 1 aliphatic rings. The highest BCUT2D eigenvalue weighted by Crippen LogP contribution is 2.19. The highest BCUT2D eigenvalue weighted by molar-refractivity contribution is 6.30. The summed E-state index contributed by atoms with van der Waals surface area (Å²) in [6, 6.07) is 7.87. The molecular weight excluding hydrogens is 311 g/mol. The molecule has 1 atom stereocenters. The standard InChI is InChI=1S/C14H17ClN4O.ClH/c1-19-7-6-16-9-12(19)14-17-13(20-18-14)8-10-2-4-11(15)5-3-10;/h2-5,12,16H,6-9H2,1H3;1H. The summed E-state index contributed by atoms with van der Waals surface area (Å²) in [5, 5.41) is 8.19. The smallest absolute Gasteiger partial charge is 0.231 e. The predicted molar refractivity (Wildman–Crippen MR) is 84.0 cm³/mol. The van der Waals surface area contributed by atoms with Gasteiger partial charge in [-0.1, -0.05) is 28.9 Å². The second-order valence-electron chi connectivity index (χ2n) is 5.05. The minimum absolute atomic E-state index is 0. The van der Waals surface area contributed by atoms with Crippen molar-refractivity contribution in [2.24, 2.45) is 0 Å². The molecule has 1 fully saturated rings. The van der Waals surface area contributed by atoms with Crippen LogP contribution in [0.3, 0.4) is 0 Å². The van der Waals surface area contributed by atoms with Crippen molar-refractivity contribution in [3.63, 3.8) is 0 Å². The van der Waals surface area contributed by atoms with E-state index in [9.17, 15) is 0 Å². The molecule has 3 rings (SSSR count). The Morgan fingerprint density at radius 3 is 2.86 bits per heavy atom. The zero-order chi connectivity index (χ0) is 13.9. The molecule has 0 spiro atoms. The minimum Gasteiger partial charge on any atom is -0.339 e. The summed E-state index contributed by atoms with van der Waals surface area (Å²) >= 11 is 5.87. The zero-order valence-corrected chi connectivity index (χ0v) is 13.3. The van der Waals surface area contributed by atoms with E-state index in [2.05, 4.69) is 27.4 Å². The van der Waals surface area contributed by atoms with Gasteiger partial charge in [0.25, 0.3) is 0 Å². The predicted octanol–water partition coefficient (Wildman–Crippen LogP) is 2.31. The molecule has 114 valence electrons. The van der Waals surface area contributed by atoms with Gasteiger partial charge in [-0.25, -0.2) is 0 Å². The largest absolute Gasteiger partial charge is 0.339 e. The normalized spacial score (nSPS) is 19.2. The lowest BCUT2D eigenvalue weighted by molar-refractivity contribution is 0.190. The summed E-state index contributed by atoms with van der Waals surface area (Å²) in [6.45, 7) is 2.85. The monoisotopic (exact) mass is 328 g/mol. The number of aromatic nitrogens is 2. The fraction of sp³-hybridized carbons (Fsp3) is 0.429. The molecule has 1 aliphatic heterocycles. The quantitative estimate of drug-likeness (QED) is 0.937. The van der Waals surface area contributed by atoms with E-state index in [0.717, 1.165) is 36.0 Å². The van der Waals surface area contributed by atoms with Crippen LogP contribution in [0.1, 0.15) is 23.3 Å². The number of benzene rings is 1. The van der Waals surface area contributed by atoms with Crippen molar-refractivity contribution in [3.8, 4) is 0 Å². The van der Waals surface area contributed by atoms with Crippen molar-refractivity contribution in [2.75, 3.05) is 26.7 Å².